The second-order valence-corrected chi connectivity index (χ2v) is 3.41. The first-order chi connectivity index (χ1) is 3.39. The van der Waals surface area contributed by atoms with E-state index in [1.165, 1.54) is 0 Å². The zero-order chi connectivity index (χ0) is 5.11. The molecule has 2 heteroatoms. The number of allylic oxidation sites excluding steroid dienone is 3. The predicted octanol–water partition coefficient (Wildman–Crippen LogP) is 2.29. The molecule has 0 radical (unpaired) electrons. The van der Waals surface area contributed by atoms with Gasteiger partial charge >= 0.3 is 0 Å². The zero-order valence-electron chi connectivity index (χ0n) is 3.67. The van der Waals surface area contributed by atoms with E-state index in [9.17, 15) is 0 Å². The van der Waals surface area contributed by atoms with Gasteiger partial charge < -0.3 is 0 Å². The smallest absolute Gasteiger partial charge is 0.0200 e. The molecule has 1 aliphatic heterocycles. The van der Waals surface area contributed by atoms with Gasteiger partial charge in [0.05, 0.1) is 0 Å². The van der Waals surface area contributed by atoms with Crippen molar-refractivity contribution >= 4 is 25.7 Å². The Morgan fingerprint density at radius 3 is 2.29 bits per heavy atom. The Bertz CT molecular complexity index is 144. The van der Waals surface area contributed by atoms with Gasteiger partial charge in [0.15, 0.2) is 0 Å². The third-order valence-electron chi connectivity index (χ3n) is 0.639. The molecule has 1 rings (SSSR count). The van der Waals surface area contributed by atoms with E-state index in [0.717, 1.165) is 0 Å². The van der Waals surface area contributed by atoms with Crippen LogP contribution in [0.25, 0.3) is 0 Å². The number of rotatable bonds is 0. The van der Waals surface area contributed by atoms with Crippen LogP contribution in [0, 0.1) is 0 Å². The molecular formula is C5H5ClS. The first kappa shape index (κ1) is 5.13. The summed E-state index contributed by atoms with van der Waals surface area (Å²) in [4.78, 5) is 0. The molecule has 1 aliphatic rings. The Labute approximate surface area is 49.9 Å². The Hall–Kier alpha value is -0.0100. The van der Waals surface area contributed by atoms with E-state index >= 15 is 0 Å². The molecule has 0 aromatic heterocycles. The lowest BCUT2D eigenvalue weighted by atomic mass is 10.5. The molecule has 1 heterocycles. The summed E-state index contributed by atoms with van der Waals surface area (Å²) in [6.45, 7) is 0. The van der Waals surface area contributed by atoms with Gasteiger partial charge in [0.1, 0.15) is 0 Å². The largest absolute Gasteiger partial charge is 0.0703 e. The zero-order valence-corrected chi connectivity index (χ0v) is 5.25. The average molecular weight is 133 g/mol. The Kier molecular flexibility index (Phi) is 1.71. The van der Waals surface area contributed by atoms with Crippen molar-refractivity contribution in [1.29, 1.82) is 0 Å². The lowest BCUT2D eigenvalue weighted by Gasteiger charge is -1.88. The summed E-state index contributed by atoms with van der Waals surface area (Å²) in [5.41, 5.74) is 0. The van der Waals surface area contributed by atoms with Gasteiger partial charge in [-0.25, -0.2) is 0 Å². The van der Waals surface area contributed by atoms with Crippen molar-refractivity contribution in [2.45, 2.75) is 0 Å². The lowest BCUT2D eigenvalue weighted by molar-refractivity contribution is 2.07. The van der Waals surface area contributed by atoms with E-state index in [0.29, 0.717) is 0 Å². The minimum Gasteiger partial charge on any atom is -0.0703 e. The Morgan fingerprint density at radius 2 is 2.00 bits per heavy atom. The van der Waals surface area contributed by atoms with Crippen LogP contribution in [0.2, 0.25) is 0 Å². The molecular weight excluding hydrogens is 128 g/mol. The highest BCUT2D eigenvalue weighted by Gasteiger charge is 1.79. The van der Waals surface area contributed by atoms with Crippen molar-refractivity contribution in [3.8, 4) is 0 Å². The summed E-state index contributed by atoms with van der Waals surface area (Å²) >= 11 is 0. The van der Waals surface area contributed by atoms with Crippen molar-refractivity contribution < 1.29 is 0 Å². The van der Waals surface area contributed by atoms with Gasteiger partial charge in [-0.15, -0.1) is 0 Å². The molecule has 0 aromatic carbocycles. The summed E-state index contributed by atoms with van der Waals surface area (Å²) in [7, 11) is 5.54. The van der Waals surface area contributed by atoms with Crippen LogP contribution in [0.4, 0.5) is 0 Å². The van der Waals surface area contributed by atoms with Gasteiger partial charge in [-0.2, -0.15) is 0 Å². The molecule has 0 bridgehead atoms. The molecule has 0 aromatic rings. The summed E-state index contributed by atoms with van der Waals surface area (Å²) in [5.74, 6) is 0. The summed E-state index contributed by atoms with van der Waals surface area (Å²) in [6, 6.07) is 0. The van der Waals surface area contributed by atoms with E-state index in [2.05, 4.69) is 0 Å². The van der Waals surface area contributed by atoms with Gasteiger partial charge in [-0.05, 0) is 21.5 Å². The first-order valence-electron chi connectivity index (χ1n) is 1.96. The van der Waals surface area contributed by atoms with Gasteiger partial charge in [-0.3, -0.25) is 0 Å². The van der Waals surface area contributed by atoms with Crippen molar-refractivity contribution in [3.63, 3.8) is 0 Å². The van der Waals surface area contributed by atoms with Crippen molar-refractivity contribution in [3.05, 3.63) is 23.6 Å². The standard InChI is InChI=1S/C5H5ClS/c6-7-4-2-1-3-5-7/h1-5H. The maximum Gasteiger partial charge on any atom is -0.0200 e. The van der Waals surface area contributed by atoms with Crippen LogP contribution in [0.1, 0.15) is 0 Å². The SMILES string of the molecule is ClS1=CC=CC=C1. The van der Waals surface area contributed by atoms with E-state index in [4.69, 9.17) is 10.7 Å². The van der Waals surface area contributed by atoms with Gasteiger partial charge in [-0.1, -0.05) is 27.9 Å². The van der Waals surface area contributed by atoms with Crippen LogP contribution in [-0.4, -0.2) is 5.37 Å². The Morgan fingerprint density at radius 1 is 1.14 bits per heavy atom. The topological polar surface area (TPSA) is 0 Å². The van der Waals surface area contributed by atoms with E-state index < -0.39 is 0 Å². The highest BCUT2D eigenvalue weighted by Crippen LogP contribution is 2.20. The van der Waals surface area contributed by atoms with Crippen molar-refractivity contribution in [2.75, 3.05) is 0 Å². The second-order valence-electron chi connectivity index (χ2n) is 1.16. The number of hydrogen-bond donors (Lipinski definition) is 0. The highest BCUT2D eigenvalue weighted by molar-refractivity contribution is 8.36. The third kappa shape index (κ3) is 1.49. The fourth-order valence-electron chi connectivity index (χ4n) is 0.350. The quantitative estimate of drug-likeness (QED) is 0.444. The number of halogens is 1. The molecule has 0 N–H and O–H groups in total. The van der Waals surface area contributed by atoms with Crippen LogP contribution >= 0.6 is 20.4 Å². The Balaban J connectivity index is 2.82. The molecule has 0 spiro atoms. The molecule has 0 saturated heterocycles. The van der Waals surface area contributed by atoms with E-state index in [1.807, 2.05) is 29.0 Å². The molecule has 0 nitrogen and oxygen atoms in total. The van der Waals surface area contributed by atoms with Gasteiger partial charge in [0, 0.05) is 0 Å². The first-order valence-corrected chi connectivity index (χ1v) is 4.14. The van der Waals surface area contributed by atoms with Crippen molar-refractivity contribution in [2.24, 2.45) is 0 Å². The predicted molar refractivity (Wildman–Crippen MR) is 37.8 cm³/mol. The summed E-state index contributed by atoms with van der Waals surface area (Å²) in [6.07, 6.45) is 5.87. The third-order valence-corrected chi connectivity index (χ3v) is 2.09. The molecule has 7 heavy (non-hydrogen) atoms. The average Bonchev–Trinajstić information content (AvgIpc) is 1.69. The van der Waals surface area contributed by atoms with Crippen molar-refractivity contribution in [1.82, 2.24) is 0 Å². The molecule has 0 fully saturated rings. The second kappa shape index (κ2) is 2.34. The highest BCUT2D eigenvalue weighted by atomic mass is 35.7. The molecule has 1 atom stereocenters. The van der Waals surface area contributed by atoms with Crippen LogP contribution in [0.3, 0.4) is 0 Å². The molecule has 0 amide bonds. The van der Waals surface area contributed by atoms with E-state index in [1.54, 1.807) is 0 Å². The monoisotopic (exact) mass is 132 g/mol. The lowest BCUT2D eigenvalue weighted by Crippen LogP contribution is -1.64. The fourth-order valence-corrected chi connectivity index (χ4v) is 1.28. The molecule has 0 aliphatic carbocycles. The summed E-state index contributed by atoms with van der Waals surface area (Å²) in [5, 5.41) is 3.92. The maximum atomic E-state index is 5.65. The van der Waals surface area contributed by atoms with Crippen LogP contribution in [0.15, 0.2) is 23.6 Å². The maximum absolute atomic E-state index is 5.65. The minimum absolute atomic E-state index is 0.110. The number of hydrogen-bond acceptors (Lipinski definition) is 0. The van der Waals surface area contributed by atoms with Gasteiger partial charge in [0.2, 0.25) is 0 Å². The van der Waals surface area contributed by atoms with Crippen LogP contribution in [0.5, 0.6) is 0 Å². The molecule has 1 unspecified atom stereocenters. The van der Waals surface area contributed by atoms with Crippen LogP contribution < -0.4 is 0 Å². The fraction of sp³-hybridized carbons (Fsp3) is 0. The van der Waals surface area contributed by atoms with Crippen LogP contribution in [-0.2, 0) is 0 Å². The van der Waals surface area contributed by atoms with Gasteiger partial charge in [0.25, 0.3) is 0 Å². The molecule has 38 valence electrons. The van der Waals surface area contributed by atoms with E-state index in [-0.39, 0.29) is 9.70 Å². The normalized spacial score (nSPS) is 27.3. The molecule has 0 saturated carbocycles. The summed E-state index contributed by atoms with van der Waals surface area (Å²) < 4.78 is 0. The minimum atomic E-state index is -0.110.